The van der Waals surface area contributed by atoms with Crippen LogP contribution in [-0.4, -0.2) is 41.9 Å². The summed E-state index contributed by atoms with van der Waals surface area (Å²) in [6.07, 6.45) is 3.18. The fourth-order valence-corrected chi connectivity index (χ4v) is 2.31. The average molecular weight is 326 g/mol. The molecule has 0 radical (unpaired) electrons. The number of hydrogen-bond acceptors (Lipinski definition) is 5. The number of benzene rings is 1. The van der Waals surface area contributed by atoms with E-state index in [2.05, 4.69) is 20.4 Å². The number of aromatic nitrogens is 1. The minimum atomic E-state index is -0.346. The van der Waals surface area contributed by atoms with Crippen LogP contribution in [0.1, 0.15) is 28.5 Å². The first-order valence-electron chi connectivity index (χ1n) is 7.86. The van der Waals surface area contributed by atoms with Crippen molar-refractivity contribution in [2.45, 2.75) is 13.8 Å². The lowest BCUT2D eigenvalue weighted by molar-refractivity contribution is 0.0950. The normalized spacial score (nSPS) is 10.8. The third-order valence-corrected chi connectivity index (χ3v) is 3.64. The number of rotatable bonds is 7. The molecule has 0 fully saturated rings. The van der Waals surface area contributed by atoms with Crippen LogP contribution in [0, 0.1) is 6.92 Å². The van der Waals surface area contributed by atoms with Gasteiger partial charge in [0.1, 0.15) is 5.69 Å². The number of likely N-dealkylation sites (N-methyl/N-ethyl adjacent to an activating group) is 1. The van der Waals surface area contributed by atoms with Gasteiger partial charge in [0.05, 0.1) is 12.8 Å². The van der Waals surface area contributed by atoms with Crippen molar-refractivity contribution < 1.29 is 9.90 Å². The van der Waals surface area contributed by atoms with Gasteiger partial charge in [-0.3, -0.25) is 9.78 Å². The Hall–Kier alpha value is -2.73. The molecule has 0 saturated carbocycles. The van der Waals surface area contributed by atoms with Gasteiger partial charge in [-0.05, 0) is 49.2 Å². The Morgan fingerprint density at radius 1 is 1.38 bits per heavy atom. The first-order chi connectivity index (χ1) is 11.7. The molecule has 0 aliphatic rings. The first kappa shape index (κ1) is 17.6. The Morgan fingerprint density at radius 2 is 2.21 bits per heavy atom. The lowest BCUT2D eigenvalue weighted by Gasteiger charge is -2.22. The van der Waals surface area contributed by atoms with Crippen LogP contribution in [0.15, 0.2) is 47.7 Å². The van der Waals surface area contributed by atoms with Crippen LogP contribution in [0.3, 0.4) is 0 Å². The summed E-state index contributed by atoms with van der Waals surface area (Å²) in [7, 11) is 0. The van der Waals surface area contributed by atoms with Crippen LogP contribution in [0.25, 0.3) is 0 Å². The molecule has 1 heterocycles. The second kappa shape index (κ2) is 8.79. The van der Waals surface area contributed by atoms with Crippen molar-refractivity contribution >= 4 is 17.8 Å². The van der Waals surface area contributed by atoms with Crippen molar-refractivity contribution in [3.8, 4) is 0 Å². The molecule has 6 nitrogen and oxygen atoms in total. The maximum atomic E-state index is 11.9. The van der Waals surface area contributed by atoms with Crippen LogP contribution in [0.2, 0.25) is 0 Å². The molecule has 0 saturated heterocycles. The molecule has 0 aliphatic carbocycles. The number of aliphatic hydroxyl groups excluding tert-OH is 1. The summed E-state index contributed by atoms with van der Waals surface area (Å²) < 4.78 is 0. The van der Waals surface area contributed by atoms with Gasteiger partial charge >= 0.3 is 0 Å². The molecule has 0 atom stereocenters. The lowest BCUT2D eigenvalue weighted by Crippen LogP contribution is -2.26. The summed E-state index contributed by atoms with van der Waals surface area (Å²) in [6, 6.07) is 11.1. The van der Waals surface area contributed by atoms with Crippen LogP contribution < -0.4 is 10.3 Å². The van der Waals surface area contributed by atoms with Gasteiger partial charge in [0.15, 0.2) is 0 Å². The molecule has 1 aromatic heterocycles. The number of hydrogen-bond donors (Lipinski definition) is 2. The van der Waals surface area contributed by atoms with Gasteiger partial charge in [-0.15, -0.1) is 0 Å². The van der Waals surface area contributed by atoms with Crippen LogP contribution >= 0.6 is 0 Å². The molecule has 1 aromatic carbocycles. The number of aliphatic hydroxyl groups is 1. The number of carbonyl (C=O) groups excluding carboxylic acids is 1. The molecule has 0 aliphatic heterocycles. The van der Waals surface area contributed by atoms with Gasteiger partial charge in [-0.1, -0.05) is 12.1 Å². The number of hydrazone groups is 1. The van der Waals surface area contributed by atoms with Crippen molar-refractivity contribution in [3.05, 3.63) is 59.4 Å². The Labute approximate surface area is 141 Å². The van der Waals surface area contributed by atoms with Gasteiger partial charge < -0.3 is 10.0 Å². The van der Waals surface area contributed by atoms with E-state index in [-0.39, 0.29) is 12.5 Å². The summed E-state index contributed by atoms with van der Waals surface area (Å²) in [5.74, 6) is -0.346. The predicted molar refractivity (Wildman–Crippen MR) is 95.4 cm³/mol. The van der Waals surface area contributed by atoms with Gasteiger partial charge in [0.25, 0.3) is 5.91 Å². The first-order valence-corrected chi connectivity index (χ1v) is 7.86. The standard InChI is InChI=1S/C18H22N4O2/c1-3-22(10-11-23)16-8-7-15(14(2)12-16)13-20-21-18(24)17-6-4-5-9-19-17/h4-9,12-13,23H,3,10-11H2,1-2H3,(H,21,24)/b20-13-. The third kappa shape index (κ3) is 4.63. The van der Waals surface area contributed by atoms with E-state index in [1.807, 2.05) is 32.0 Å². The van der Waals surface area contributed by atoms with E-state index < -0.39 is 0 Å². The Morgan fingerprint density at radius 3 is 2.83 bits per heavy atom. The smallest absolute Gasteiger partial charge is 0.289 e. The van der Waals surface area contributed by atoms with Crippen molar-refractivity contribution in [2.24, 2.45) is 5.10 Å². The topological polar surface area (TPSA) is 77.8 Å². The summed E-state index contributed by atoms with van der Waals surface area (Å²) in [4.78, 5) is 17.9. The number of nitrogens with one attached hydrogen (secondary N) is 1. The SMILES string of the molecule is CCN(CCO)c1ccc(/C=N\NC(=O)c2ccccn2)c(C)c1. The van der Waals surface area contributed by atoms with E-state index in [4.69, 9.17) is 5.11 Å². The second-order valence-corrected chi connectivity index (χ2v) is 5.26. The summed E-state index contributed by atoms with van der Waals surface area (Å²) >= 11 is 0. The summed E-state index contributed by atoms with van der Waals surface area (Å²) in [5, 5.41) is 13.1. The van der Waals surface area contributed by atoms with Gasteiger partial charge in [-0.25, -0.2) is 5.43 Å². The zero-order valence-electron chi connectivity index (χ0n) is 13.9. The minimum absolute atomic E-state index is 0.121. The highest BCUT2D eigenvalue weighted by Crippen LogP contribution is 2.18. The highest BCUT2D eigenvalue weighted by atomic mass is 16.3. The molecule has 0 unspecified atom stereocenters. The highest BCUT2D eigenvalue weighted by molar-refractivity contribution is 5.93. The minimum Gasteiger partial charge on any atom is -0.395 e. The molecular formula is C18H22N4O2. The van der Waals surface area contributed by atoms with E-state index in [0.717, 1.165) is 23.4 Å². The van der Waals surface area contributed by atoms with E-state index in [1.54, 1.807) is 30.6 Å². The molecule has 24 heavy (non-hydrogen) atoms. The van der Waals surface area contributed by atoms with Crippen molar-refractivity contribution in [2.75, 3.05) is 24.6 Å². The van der Waals surface area contributed by atoms with Crippen molar-refractivity contribution in [1.29, 1.82) is 0 Å². The number of amides is 1. The van der Waals surface area contributed by atoms with Crippen LogP contribution in [0.4, 0.5) is 5.69 Å². The van der Waals surface area contributed by atoms with Gasteiger partial charge in [-0.2, -0.15) is 5.10 Å². The second-order valence-electron chi connectivity index (χ2n) is 5.26. The maximum Gasteiger partial charge on any atom is 0.289 e. The molecule has 6 heteroatoms. The quantitative estimate of drug-likeness (QED) is 0.602. The summed E-state index contributed by atoms with van der Waals surface area (Å²) in [6.45, 7) is 5.58. The molecule has 126 valence electrons. The Kier molecular flexibility index (Phi) is 6.45. The monoisotopic (exact) mass is 326 g/mol. The molecule has 2 rings (SSSR count). The van der Waals surface area contributed by atoms with Crippen LogP contribution in [0.5, 0.6) is 0 Å². The largest absolute Gasteiger partial charge is 0.395 e. The van der Waals surface area contributed by atoms with E-state index >= 15 is 0 Å². The molecule has 0 bridgehead atoms. The average Bonchev–Trinajstić information content (AvgIpc) is 2.61. The Balaban J connectivity index is 2.03. The summed E-state index contributed by atoms with van der Waals surface area (Å²) in [5.41, 5.74) is 5.80. The Bertz CT molecular complexity index is 701. The number of anilines is 1. The predicted octanol–water partition coefficient (Wildman–Crippen LogP) is 1.97. The fourth-order valence-electron chi connectivity index (χ4n) is 2.31. The fraction of sp³-hybridized carbons (Fsp3) is 0.278. The molecule has 2 N–H and O–H groups in total. The van der Waals surface area contributed by atoms with E-state index in [1.165, 1.54) is 0 Å². The highest BCUT2D eigenvalue weighted by Gasteiger charge is 2.06. The number of nitrogens with zero attached hydrogens (tertiary/aromatic N) is 3. The van der Waals surface area contributed by atoms with Crippen molar-refractivity contribution in [3.63, 3.8) is 0 Å². The van der Waals surface area contributed by atoms with Gasteiger partial charge in [0, 0.05) is 25.0 Å². The number of pyridine rings is 1. The molecule has 1 amide bonds. The molecule has 2 aromatic rings. The number of aryl methyl sites for hydroxylation is 1. The zero-order chi connectivity index (χ0) is 17.4. The van der Waals surface area contributed by atoms with E-state index in [0.29, 0.717) is 12.2 Å². The van der Waals surface area contributed by atoms with Crippen molar-refractivity contribution in [1.82, 2.24) is 10.4 Å². The van der Waals surface area contributed by atoms with Crippen LogP contribution in [-0.2, 0) is 0 Å². The maximum absolute atomic E-state index is 11.9. The number of carbonyl (C=O) groups is 1. The molecule has 0 spiro atoms. The third-order valence-electron chi connectivity index (χ3n) is 3.64. The molecular weight excluding hydrogens is 304 g/mol. The van der Waals surface area contributed by atoms with E-state index in [9.17, 15) is 4.79 Å². The lowest BCUT2D eigenvalue weighted by atomic mass is 10.1. The zero-order valence-corrected chi connectivity index (χ0v) is 13.9. The van der Waals surface area contributed by atoms with Gasteiger partial charge in [0.2, 0.25) is 0 Å².